The van der Waals surface area contributed by atoms with E-state index in [1.54, 1.807) is 25.2 Å². The van der Waals surface area contributed by atoms with E-state index < -0.39 is 12.1 Å². The predicted molar refractivity (Wildman–Crippen MR) is 112 cm³/mol. The molecule has 1 aromatic heterocycles. The Morgan fingerprint density at radius 1 is 0.931 bits per heavy atom. The minimum atomic E-state index is -0.779. The summed E-state index contributed by atoms with van der Waals surface area (Å²) < 4.78 is 29.4. The average molecular weight is 392 g/mol. The van der Waals surface area contributed by atoms with Gasteiger partial charge in [0, 0.05) is 29.2 Å². The van der Waals surface area contributed by atoms with Crippen LogP contribution in [0.4, 0.5) is 8.78 Å². The van der Waals surface area contributed by atoms with E-state index in [4.69, 9.17) is 0 Å². The van der Waals surface area contributed by atoms with Crippen molar-refractivity contribution >= 4 is 10.9 Å². The molecule has 0 bridgehead atoms. The number of aliphatic hydroxyl groups is 1. The van der Waals surface area contributed by atoms with Crippen molar-refractivity contribution in [3.05, 3.63) is 96.2 Å². The third-order valence-corrected chi connectivity index (χ3v) is 5.16. The summed E-state index contributed by atoms with van der Waals surface area (Å²) in [5.41, 5.74) is 3.40. The Labute approximate surface area is 168 Å². The molecule has 0 aliphatic rings. The quantitative estimate of drug-likeness (QED) is 0.497. The number of rotatable bonds is 6. The van der Waals surface area contributed by atoms with Crippen LogP contribution in [0.25, 0.3) is 22.0 Å². The molecule has 0 saturated carbocycles. The molecule has 0 radical (unpaired) electrons. The van der Waals surface area contributed by atoms with Crippen molar-refractivity contribution in [1.82, 2.24) is 9.88 Å². The van der Waals surface area contributed by atoms with Gasteiger partial charge in [-0.25, -0.2) is 8.78 Å². The summed E-state index contributed by atoms with van der Waals surface area (Å²) in [6.45, 7) is 0.347. The van der Waals surface area contributed by atoms with Gasteiger partial charge in [-0.1, -0.05) is 42.5 Å². The number of hydrogen-bond acceptors (Lipinski definition) is 2. The van der Waals surface area contributed by atoms with Crippen LogP contribution < -0.4 is 5.32 Å². The molecule has 29 heavy (non-hydrogen) atoms. The van der Waals surface area contributed by atoms with Gasteiger partial charge in [0.05, 0.1) is 12.1 Å². The van der Waals surface area contributed by atoms with Crippen LogP contribution in [0.15, 0.2) is 79.0 Å². The van der Waals surface area contributed by atoms with Crippen LogP contribution in [-0.4, -0.2) is 29.4 Å². The molecule has 0 fully saturated rings. The lowest BCUT2D eigenvalue weighted by molar-refractivity contribution is 0.132. The molecule has 0 saturated heterocycles. The number of hydrogen-bond donors (Lipinski definition) is 2. The Kier molecular flexibility index (Phi) is 5.43. The lowest BCUT2D eigenvalue weighted by Gasteiger charge is -2.26. The standard InChI is InChI=1S/C24H22F2N2O/c1-27-14-23(29)24(17-5-4-6-19(26)13-17)28-15-21(16-9-11-18(25)12-10-16)20-7-2-3-8-22(20)28/h2-13,15,23-24,27,29H,14H2,1H3/t23-,24+/m1/s1. The number of aliphatic hydroxyl groups excluding tert-OH is 1. The summed E-state index contributed by atoms with van der Waals surface area (Å²) in [5, 5.41) is 14.9. The van der Waals surface area contributed by atoms with Crippen LogP contribution in [0.2, 0.25) is 0 Å². The maximum absolute atomic E-state index is 14.0. The molecule has 1 heterocycles. The number of benzene rings is 3. The van der Waals surface area contributed by atoms with Crippen LogP contribution in [0.3, 0.4) is 0 Å². The molecule has 4 rings (SSSR count). The first-order valence-corrected chi connectivity index (χ1v) is 9.52. The van der Waals surface area contributed by atoms with E-state index in [1.165, 1.54) is 24.3 Å². The summed E-state index contributed by atoms with van der Waals surface area (Å²) in [6, 6.07) is 20.0. The van der Waals surface area contributed by atoms with Crippen molar-refractivity contribution in [2.75, 3.05) is 13.6 Å². The number of para-hydroxylation sites is 1. The topological polar surface area (TPSA) is 37.2 Å². The van der Waals surface area contributed by atoms with Gasteiger partial charge in [0.25, 0.3) is 0 Å². The smallest absolute Gasteiger partial charge is 0.123 e. The Balaban J connectivity index is 1.93. The van der Waals surface area contributed by atoms with Crippen LogP contribution in [-0.2, 0) is 0 Å². The number of nitrogens with zero attached hydrogens (tertiary/aromatic N) is 1. The van der Waals surface area contributed by atoms with Crippen molar-refractivity contribution in [2.45, 2.75) is 12.1 Å². The second-order valence-corrected chi connectivity index (χ2v) is 7.10. The summed E-state index contributed by atoms with van der Waals surface area (Å²) in [5.74, 6) is -0.640. The van der Waals surface area contributed by atoms with Crippen molar-refractivity contribution in [2.24, 2.45) is 0 Å². The molecule has 2 N–H and O–H groups in total. The van der Waals surface area contributed by atoms with E-state index >= 15 is 0 Å². The summed E-state index contributed by atoms with van der Waals surface area (Å²) >= 11 is 0. The summed E-state index contributed by atoms with van der Waals surface area (Å²) in [4.78, 5) is 0. The fourth-order valence-corrected chi connectivity index (χ4v) is 3.87. The van der Waals surface area contributed by atoms with Crippen LogP contribution in [0.5, 0.6) is 0 Å². The molecule has 2 atom stereocenters. The van der Waals surface area contributed by atoms with E-state index in [-0.39, 0.29) is 11.6 Å². The first-order valence-electron chi connectivity index (χ1n) is 9.52. The summed E-state index contributed by atoms with van der Waals surface area (Å²) in [6.07, 6.45) is 1.17. The zero-order chi connectivity index (χ0) is 20.4. The zero-order valence-electron chi connectivity index (χ0n) is 16.0. The van der Waals surface area contributed by atoms with Crippen molar-refractivity contribution < 1.29 is 13.9 Å². The second-order valence-electron chi connectivity index (χ2n) is 7.10. The minimum Gasteiger partial charge on any atom is -0.389 e. The Morgan fingerprint density at radius 3 is 2.41 bits per heavy atom. The number of halogens is 2. The van der Waals surface area contributed by atoms with Gasteiger partial charge < -0.3 is 15.0 Å². The molecular weight excluding hydrogens is 370 g/mol. The predicted octanol–water partition coefficient (Wildman–Crippen LogP) is 4.76. The van der Waals surface area contributed by atoms with Crippen molar-refractivity contribution in [3.8, 4) is 11.1 Å². The molecule has 148 valence electrons. The number of nitrogens with one attached hydrogen (secondary N) is 1. The maximum Gasteiger partial charge on any atom is 0.123 e. The normalized spacial score (nSPS) is 13.5. The highest BCUT2D eigenvalue weighted by Crippen LogP contribution is 2.35. The van der Waals surface area contributed by atoms with Gasteiger partial charge in [-0.3, -0.25) is 0 Å². The first-order chi connectivity index (χ1) is 14.1. The average Bonchev–Trinajstić information content (AvgIpc) is 3.09. The van der Waals surface area contributed by atoms with Gasteiger partial charge in [-0.05, 0) is 48.5 Å². The highest BCUT2D eigenvalue weighted by molar-refractivity contribution is 5.96. The van der Waals surface area contributed by atoms with E-state index in [9.17, 15) is 13.9 Å². The van der Waals surface area contributed by atoms with Crippen molar-refractivity contribution in [1.29, 1.82) is 0 Å². The molecule has 3 nitrogen and oxygen atoms in total. The van der Waals surface area contributed by atoms with Gasteiger partial charge >= 0.3 is 0 Å². The van der Waals surface area contributed by atoms with Crippen LogP contribution in [0.1, 0.15) is 11.6 Å². The fraction of sp³-hybridized carbons (Fsp3) is 0.167. The highest BCUT2D eigenvalue weighted by atomic mass is 19.1. The van der Waals surface area contributed by atoms with Crippen LogP contribution >= 0.6 is 0 Å². The first kappa shape index (κ1) is 19.3. The van der Waals surface area contributed by atoms with Gasteiger partial charge in [0.1, 0.15) is 11.6 Å². The maximum atomic E-state index is 14.0. The third-order valence-electron chi connectivity index (χ3n) is 5.16. The SMILES string of the molecule is CNC[C@@H](O)[C@H](c1cccc(F)c1)n1cc(-c2ccc(F)cc2)c2ccccc21. The monoisotopic (exact) mass is 392 g/mol. The van der Waals surface area contributed by atoms with Gasteiger partial charge in [-0.2, -0.15) is 0 Å². The molecular formula is C24H22F2N2O. The van der Waals surface area contributed by atoms with Gasteiger partial charge in [-0.15, -0.1) is 0 Å². The second kappa shape index (κ2) is 8.15. The molecule has 0 aliphatic carbocycles. The molecule has 0 aliphatic heterocycles. The van der Waals surface area contributed by atoms with Gasteiger partial charge in [0.2, 0.25) is 0 Å². The Bertz CT molecular complexity index is 1120. The lowest BCUT2D eigenvalue weighted by atomic mass is 10.0. The van der Waals surface area contributed by atoms with E-state index in [1.807, 2.05) is 41.1 Å². The minimum absolute atomic E-state index is 0.292. The zero-order valence-corrected chi connectivity index (χ0v) is 16.0. The lowest BCUT2D eigenvalue weighted by Crippen LogP contribution is -2.33. The number of fused-ring (bicyclic) bond motifs is 1. The Hall–Kier alpha value is -3.02. The third kappa shape index (κ3) is 3.79. The van der Waals surface area contributed by atoms with E-state index in [2.05, 4.69) is 5.32 Å². The number of likely N-dealkylation sites (N-methyl/N-ethyl adjacent to an activating group) is 1. The van der Waals surface area contributed by atoms with Crippen LogP contribution in [0, 0.1) is 11.6 Å². The fourth-order valence-electron chi connectivity index (χ4n) is 3.87. The van der Waals surface area contributed by atoms with Gasteiger partial charge in [0.15, 0.2) is 0 Å². The summed E-state index contributed by atoms with van der Waals surface area (Å²) in [7, 11) is 1.77. The highest BCUT2D eigenvalue weighted by Gasteiger charge is 2.25. The molecule has 0 spiro atoms. The van der Waals surface area contributed by atoms with E-state index in [0.29, 0.717) is 12.1 Å². The number of aromatic nitrogens is 1. The molecule has 3 aromatic carbocycles. The van der Waals surface area contributed by atoms with Crippen molar-refractivity contribution in [3.63, 3.8) is 0 Å². The molecule has 5 heteroatoms. The largest absolute Gasteiger partial charge is 0.389 e. The Morgan fingerprint density at radius 2 is 1.69 bits per heavy atom. The molecule has 0 amide bonds. The molecule has 4 aromatic rings. The molecule has 0 unspecified atom stereocenters. The van der Waals surface area contributed by atoms with E-state index in [0.717, 1.165) is 22.0 Å².